The summed E-state index contributed by atoms with van der Waals surface area (Å²) in [6, 6.07) is 0.142. The molecule has 0 radical (unpaired) electrons. The number of hydrogen-bond donors (Lipinski definition) is 3. The first kappa shape index (κ1) is 11.8. The number of hydrogen-bond acceptors (Lipinski definition) is 3. The molecule has 0 aromatic heterocycles. The molecule has 1 aliphatic rings. The van der Waals surface area contributed by atoms with Crippen molar-refractivity contribution in [3.8, 4) is 0 Å². The third-order valence-electron chi connectivity index (χ3n) is 1.79. The van der Waals surface area contributed by atoms with Gasteiger partial charge in [0.25, 0.3) is 10.2 Å². The fourth-order valence-electron chi connectivity index (χ4n) is 0.931. The summed E-state index contributed by atoms with van der Waals surface area (Å²) in [5.74, 6) is 0. The molecular formula is C7H15N3O2S2. The van der Waals surface area contributed by atoms with Crippen molar-refractivity contribution in [3.05, 3.63) is 0 Å². The zero-order valence-electron chi connectivity index (χ0n) is 7.82. The van der Waals surface area contributed by atoms with Crippen LogP contribution in [0.5, 0.6) is 0 Å². The fraction of sp³-hybridized carbons (Fsp3) is 0.857. The molecule has 0 aromatic carbocycles. The second-order valence-corrected chi connectivity index (χ2v) is 5.42. The van der Waals surface area contributed by atoms with Gasteiger partial charge in [-0.25, -0.2) is 4.72 Å². The average Bonchev–Trinajstić information content (AvgIpc) is 2.81. The van der Waals surface area contributed by atoms with Crippen molar-refractivity contribution in [1.82, 2.24) is 9.44 Å². The quantitative estimate of drug-likeness (QED) is 0.417. The first-order valence-corrected chi connectivity index (χ1v) is 6.44. The zero-order chi connectivity index (χ0) is 10.6. The zero-order valence-corrected chi connectivity index (χ0v) is 9.46. The molecule has 0 aromatic rings. The van der Waals surface area contributed by atoms with Crippen LogP contribution < -0.4 is 15.2 Å². The molecule has 5 nitrogen and oxygen atoms in total. The molecule has 0 unspecified atom stereocenters. The van der Waals surface area contributed by atoms with Crippen molar-refractivity contribution in [2.45, 2.75) is 31.7 Å². The van der Waals surface area contributed by atoms with Crippen molar-refractivity contribution >= 4 is 27.4 Å². The summed E-state index contributed by atoms with van der Waals surface area (Å²) in [4.78, 5) is 0.416. The van der Waals surface area contributed by atoms with Gasteiger partial charge in [-0.15, -0.1) is 0 Å². The molecule has 82 valence electrons. The molecule has 4 N–H and O–H groups in total. The van der Waals surface area contributed by atoms with Crippen LogP contribution in [0.25, 0.3) is 0 Å². The van der Waals surface area contributed by atoms with Crippen LogP contribution in [0.2, 0.25) is 0 Å². The van der Waals surface area contributed by atoms with Gasteiger partial charge in [0.05, 0.1) is 4.99 Å². The minimum Gasteiger partial charge on any atom is -0.393 e. The second-order valence-electron chi connectivity index (χ2n) is 3.36. The van der Waals surface area contributed by atoms with E-state index >= 15 is 0 Å². The summed E-state index contributed by atoms with van der Waals surface area (Å²) in [6.45, 7) is 0.374. The SMILES string of the molecule is NC(=S)CCCNS(=O)(=O)NC1CC1. The predicted octanol–water partition coefficient (Wildman–Crippen LogP) is -0.361. The van der Waals surface area contributed by atoms with Gasteiger partial charge in [-0.2, -0.15) is 13.1 Å². The smallest absolute Gasteiger partial charge is 0.277 e. The van der Waals surface area contributed by atoms with Gasteiger partial charge >= 0.3 is 0 Å². The lowest BCUT2D eigenvalue weighted by molar-refractivity contribution is 0.564. The Bertz CT molecular complexity index is 298. The van der Waals surface area contributed by atoms with Gasteiger partial charge in [0, 0.05) is 12.6 Å². The van der Waals surface area contributed by atoms with Crippen molar-refractivity contribution in [3.63, 3.8) is 0 Å². The van der Waals surface area contributed by atoms with Crippen molar-refractivity contribution < 1.29 is 8.42 Å². The summed E-state index contributed by atoms with van der Waals surface area (Å²) >= 11 is 4.67. The maximum Gasteiger partial charge on any atom is 0.277 e. The molecule has 0 heterocycles. The van der Waals surface area contributed by atoms with E-state index in [0.717, 1.165) is 12.8 Å². The topological polar surface area (TPSA) is 84.2 Å². The molecule has 0 bridgehead atoms. The first-order chi connectivity index (χ1) is 6.49. The minimum atomic E-state index is -3.30. The summed E-state index contributed by atoms with van der Waals surface area (Å²) in [5, 5.41) is 0. The molecule has 1 rings (SSSR count). The highest BCUT2D eigenvalue weighted by atomic mass is 32.2. The molecule has 7 heteroatoms. The van der Waals surface area contributed by atoms with Crippen molar-refractivity contribution in [2.75, 3.05) is 6.54 Å². The largest absolute Gasteiger partial charge is 0.393 e. The Hall–Kier alpha value is -0.240. The van der Waals surface area contributed by atoms with Gasteiger partial charge in [0.15, 0.2) is 0 Å². The molecule has 0 amide bonds. The van der Waals surface area contributed by atoms with E-state index in [9.17, 15) is 8.42 Å². The summed E-state index contributed by atoms with van der Waals surface area (Å²) in [7, 11) is -3.30. The Kier molecular flexibility index (Phi) is 4.24. The van der Waals surface area contributed by atoms with Crippen LogP contribution in [0.15, 0.2) is 0 Å². The highest BCUT2D eigenvalue weighted by molar-refractivity contribution is 7.87. The van der Waals surface area contributed by atoms with E-state index < -0.39 is 10.2 Å². The van der Waals surface area contributed by atoms with E-state index in [4.69, 9.17) is 5.73 Å². The van der Waals surface area contributed by atoms with Crippen LogP contribution in [0, 0.1) is 0 Å². The maximum absolute atomic E-state index is 11.2. The van der Waals surface area contributed by atoms with Crippen LogP contribution in [0.3, 0.4) is 0 Å². The van der Waals surface area contributed by atoms with Crippen molar-refractivity contribution in [2.24, 2.45) is 5.73 Å². The van der Waals surface area contributed by atoms with Gasteiger partial charge in [0.2, 0.25) is 0 Å². The minimum absolute atomic E-state index is 0.142. The molecular weight excluding hydrogens is 222 g/mol. The summed E-state index contributed by atoms with van der Waals surface area (Å²) in [5.41, 5.74) is 5.27. The number of rotatable bonds is 7. The number of nitrogens with one attached hydrogen (secondary N) is 2. The lowest BCUT2D eigenvalue weighted by Gasteiger charge is -2.06. The summed E-state index contributed by atoms with van der Waals surface area (Å²) in [6.07, 6.45) is 3.09. The summed E-state index contributed by atoms with van der Waals surface area (Å²) < 4.78 is 27.4. The van der Waals surface area contributed by atoms with E-state index in [-0.39, 0.29) is 6.04 Å². The van der Waals surface area contributed by atoms with E-state index in [1.165, 1.54) is 0 Å². The van der Waals surface area contributed by atoms with Crippen LogP contribution in [-0.2, 0) is 10.2 Å². The standard InChI is InChI=1S/C7H15N3O2S2/c8-7(13)2-1-5-9-14(11,12)10-6-3-4-6/h6,9-10H,1-5H2,(H2,8,13). The van der Waals surface area contributed by atoms with E-state index in [2.05, 4.69) is 21.7 Å². The van der Waals surface area contributed by atoms with Gasteiger partial charge in [0.1, 0.15) is 0 Å². The second kappa shape index (κ2) is 5.01. The number of nitrogens with two attached hydrogens (primary N) is 1. The monoisotopic (exact) mass is 237 g/mol. The molecule has 14 heavy (non-hydrogen) atoms. The lowest BCUT2D eigenvalue weighted by Crippen LogP contribution is -2.38. The van der Waals surface area contributed by atoms with E-state index in [0.29, 0.717) is 24.4 Å². The van der Waals surface area contributed by atoms with Crippen LogP contribution in [0.4, 0.5) is 0 Å². The third-order valence-corrected chi connectivity index (χ3v) is 3.22. The van der Waals surface area contributed by atoms with Gasteiger partial charge in [-0.1, -0.05) is 12.2 Å². The Morgan fingerprint density at radius 1 is 1.50 bits per heavy atom. The van der Waals surface area contributed by atoms with Gasteiger partial charge < -0.3 is 5.73 Å². The Morgan fingerprint density at radius 3 is 2.64 bits per heavy atom. The molecule has 1 fully saturated rings. The van der Waals surface area contributed by atoms with Crippen molar-refractivity contribution in [1.29, 1.82) is 0 Å². The highest BCUT2D eigenvalue weighted by Crippen LogP contribution is 2.19. The predicted molar refractivity (Wildman–Crippen MR) is 59.1 cm³/mol. The van der Waals surface area contributed by atoms with Crippen LogP contribution in [-0.4, -0.2) is 26.0 Å². The Balaban J connectivity index is 2.12. The molecule has 0 saturated heterocycles. The molecule has 1 aliphatic carbocycles. The van der Waals surface area contributed by atoms with E-state index in [1.807, 2.05) is 0 Å². The van der Waals surface area contributed by atoms with Gasteiger partial charge in [-0.3, -0.25) is 0 Å². The molecule has 0 spiro atoms. The molecule has 1 saturated carbocycles. The molecule has 0 atom stereocenters. The number of thiocarbonyl (C=S) groups is 1. The highest BCUT2D eigenvalue weighted by Gasteiger charge is 2.26. The normalized spacial score (nSPS) is 16.9. The molecule has 0 aliphatic heterocycles. The maximum atomic E-state index is 11.2. The van der Waals surface area contributed by atoms with Crippen LogP contribution in [0.1, 0.15) is 25.7 Å². The Labute approximate surface area is 89.6 Å². The van der Waals surface area contributed by atoms with Gasteiger partial charge in [-0.05, 0) is 25.7 Å². The first-order valence-electron chi connectivity index (χ1n) is 4.55. The van der Waals surface area contributed by atoms with Crippen LogP contribution >= 0.6 is 12.2 Å². The Morgan fingerprint density at radius 2 is 2.14 bits per heavy atom. The lowest BCUT2D eigenvalue weighted by atomic mass is 10.3. The average molecular weight is 237 g/mol. The van der Waals surface area contributed by atoms with E-state index in [1.54, 1.807) is 0 Å². The third kappa shape index (κ3) is 5.48. The fourth-order valence-corrected chi connectivity index (χ4v) is 2.25.